The standard InChI is InChI=1S/C18H25N3/c1-4-11-21(12-5-1)13-9-17-18-15(8-10-19-17)14-6-2-3-7-16(14)20-18/h2-3,6-7,17,19-20H,1,4-5,8-13H2. The van der Waals surface area contributed by atoms with Gasteiger partial charge in [-0.3, -0.25) is 0 Å². The molecule has 1 fully saturated rings. The van der Waals surface area contributed by atoms with E-state index in [1.54, 1.807) is 5.56 Å². The Labute approximate surface area is 126 Å². The number of likely N-dealkylation sites (tertiary alicyclic amines) is 1. The first-order valence-electron chi connectivity index (χ1n) is 8.47. The Morgan fingerprint density at radius 1 is 1.10 bits per heavy atom. The fourth-order valence-corrected chi connectivity index (χ4v) is 4.00. The fourth-order valence-electron chi connectivity index (χ4n) is 4.00. The van der Waals surface area contributed by atoms with E-state index in [2.05, 4.69) is 39.5 Å². The van der Waals surface area contributed by atoms with Gasteiger partial charge in [-0.15, -0.1) is 0 Å². The average molecular weight is 283 g/mol. The molecule has 1 unspecified atom stereocenters. The number of H-pyrrole nitrogens is 1. The highest BCUT2D eigenvalue weighted by atomic mass is 15.1. The van der Waals surface area contributed by atoms with E-state index >= 15 is 0 Å². The molecular weight excluding hydrogens is 258 g/mol. The average Bonchev–Trinajstić information content (AvgIpc) is 2.93. The number of hydrogen-bond acceptors (Lipinski definition) is 2. The minimum Gasteiger partial charge on any atom is -0.357 e. The van der Waals surface area contributed by atoms with E-state index in [-0.39, 0.29) is 0 Å². The van der Waals surface area contributed by atoms with Gasteiger partial charge in [-0.2, -0.15) is 0 Å². The smallest absolute Gasteiger partial charge is 0.0488 e. The molecule has 2 aliphatic rings. The summed E-state index contributed by atoms with van der Waals surface area (Å²) in [7, 11) is 0. The minimum absolute atomic E-state index is 0.503. The predicted octanol–water partition coefficient (Wildman–Crippen LogP) is 3.23. The fraction of sp³-hybridized carbons (Fsp3) is 0.556. The third kappa shape index (κ3) is 2.60. The van der Waals surface area contributed by atoms with Crippen LogP contribution in [0.4, 0.5) is 0 Å². The highest BCUT2D eigenvalue weighted by Crippen LogP contribution is 2.31. The molecule has 0 amide bonds. The van der Waals surface area contributed by atoms with Crippen LogP contribution in [0.3, 0.4) is 0 Å². The number of aromatic nitrogens is 1. The van der Waals surface area contributed by atoms with Gasteiger partial charge >= 0.3 is 0 Å². The van der Waals surface area contributed by atoms with Gasteiger partial charge in [0.15, 0.2) is 0 Å². The van der Waals surface area contributed by atoms with Gasteiger partial charge in [0.1, 0.15) is 0 Å². The maximum atomic E-state index is 3.72. The van der Waals surface area contributed by atoms with Gasteiger partial charge in [0, 0.05) is 22.6 Å². The molecule has 4 rings (SSSR count). The van der Waals surface area contributed by atoms with Crippen molar-refractivity contribution < 1.29 is 0 Å². The molecule has 2 N–H and O–H groups in total. The molecule has 0 saturated carbocycles. The molecule has 0 radical (unpaired) electrons. The summed E-state index contributed by atoms with van der Waals surface area (Å²) in [4.78, 5) is 6.31. The van der Waals surface area contributed by atoms with E-state index in [4.69, 9.17) is 0 Å². The van der Waals surface area contributed by atoms with Gasteiger partial charge in [-0.05, 0) is 63.5 Å². The maximum Gasteiger partial charge on any atom is 0.0488 e. The zero-order valence-electron chi connectivity index (χ0n) is 12.7. The highest BCUT2D eigenvalue weighted by Gasteiger charge is 2.24. The SMILES string of the molecule is c1ccc2c3c([nH]c2c1)C(CCN1CCCCC1)NCC3. The summed E-state index contributed by atoms with van der Waals surface area (Å²) in [5.41, 5.74) is 4.29. The molecule has 3 heterocycles. The minimum atomic E-state index is 0.503. The van der Waals surface area contributed by atoms with Crippen molar-refractivity contribution in [1.82, 2.24) is 15.2 Å². The van der Waals surface area contributed by atoms with E-state index in [0.29, 0.717) is 6.04 Å². The molecule has 1 aromatic heterocycles. The van der Waals surface area contributed by atoms with Crippen LogP contribution in [0.15, 0.2) is 24.3 Å². The largest absolute Gasteiger partial charge is 0.357 e. The van der Waals surface area contributed by atoms with Crippen LogP contribution in [-0.4, -0.2) is 36.1 Å². The number of benzene rings is 1. The quantitative estimate of drug-likeness (QED) is 0.906. The van der Waals surface area contributed by atoms with Crippen LogP contribution in [0.1, 0.15) is 43.0 Å². The Morgan fingerprint density at radius 3 is 2.86 bits per heavy atom. The molecule has 1 saturated heterocycles. The Balaban J connectivity index is 1.52. The first-order chi connectivity index (χ1) is 10.4. The molecule has 112 valence electrons. The molecule has 2 aromatic rings. The summed E-state index contributed by atoms with van der Waals surface area (Å²) in [6.07, 6.45) is 6.56. The summed E-state index contributed by atoms with van der Waals surface area (Å²) < 4.78 is 0. The summed E-state index contributed by atoms with van der Waals surface area (Å²) in [5, 5.41) is 5.15. The third-order valence-corrected chi connectivity index (χ3v) is 5.14. The van der Waals surface area contributed by atoms with Crippen LogP contribution in [-0.2, 0) is 6.42 Å². The van der Waals surface area contributed by atoms with Gasteiger partial charge in [-0.25, -0.2) is 0 Å². The van der Waals surface area contributed by atoms with Crippen LogP contribution < -0.4 is 5.32 Å². The lowest BCUT2D eigenvalue weighted by Crippen LogP contribution is -2.35. The molecule has 21 heavy (non-hydrogen) atoms. The lowest BCUT2D eigenvalue weighted by atomic mass is 9.97. The van der Waals surface area contributed by atoms with Crippen molar-refractivity contribution in [3.8, 4) is 0 Å². The number of nitrogens with zero attached hydrogens (tertiary/aromatic N) is 1. The second-order valence-corrected chi connectivity index (χ2v) is 6.51. The molecule has 1 atom stereocenters. The zero-order valence-corrected chi connectivity index (χ0v) is 12.7. The highest BCUT2D eigenvalue weighted by molar-refractivity contribution is 5.85. The van der Waals surface area contributed by atoms with Crippen molar-refractivity contribution in [3.63, 3.8) is 0 Å². The van der Waals surface area contributed by atoms with Gasteiger partial charge < -0.3 is 15.2 Å². The molecule has 0 bridgehead atoms. The van der Waals surface area contributed by atoms with Gasteiger partial charge in [-0.1, -0.05) is 24.6 Å². The first-order valence-corrected chi connectivity index (χ1v) is 8.47. The topological polar surface area (TPSA) is 31.1 Å². The van der Waals surface area contributed by atoms with E-state index in [1.807, 2.05) is 0 Å². The Kier molecular flexibility index (Phi) is 3.70. The van der Waals surface area contributed by atoms with E-state index in [1.165, 1.54) is 61.9 Å². The predicted molar refractivity (Wildman–Crippen MR) is 87.7 cm³/mol. The van der Waals surface area contributed by atoms with Crippen LogP contribution >= 0.6 is 0 Å². The Bertz CT molecular complexity index is 610. The van der Waals surface area contributed by atoms with Crippen molar-refractivity contribution in [2.45, 2.75) is 38.1 Å². The van der Waals surface area contributed by atoms with Gasteiger partial charge in [0.2, 0.25) is 0 Å². The summed E-state index contributed by atoms with van der Waals surface area (Å²) in [6, 6.07) is 9.25. The lowest BCUT2D eigenvalue weighted by Gasteiger charge is -2.30. The van der Waals surface area contributed by atoms with Crippen LogP contribution in [0, 0.1) is 0 Å². The number of fused-ring (bicyclic) bond motifs is 3. The molecule has 1 aromatic carbocycles. The van der Waals surface area contributed by atoms with Crippen LogP contribution in [0.5, 0.6) is 0 Å². The van der Waals surface area contributed by atoms with Crippen molar-refractivity contribution in [2.75, 3.05) is 26.2 Å². The van der Waals surface area contributed by atoms with Crippen molar-refractivity contribution in [2.24, 2.45) is 0 Å². The normalized spacial score (nSPS) is 23.3. The van der Waals surface area contributed by atoms with Crippen molar-refractivity contribution >= 4 is 10.9 Å². The van der Waals surface area contributed by atoms with Gasteiger partial charge in [0.25, 0.3) is 0 Å². The molecule has 0 spiro atoms. The molecule has 0 aliphatic carbocycles. The Hall–Kier alpha value is -1.32. The number of rotatable bonds is 3. The Morgan fingerprint density at radius 2 is 1.95 bits per heavy atom. The lowest BCUT2D eigenvalue weighted by molar-refractivity contribution is 0.215. The first kappa shape index (κ1) is 13.4. The van der Waals surface area contributed by atoms with Crippen LogP contribution in [0.25, 0.3) is 10.9 Å². The molecule has 2 aliphatic heterocycles. The molecule has 3 nitrogen and oxygen atoms in total. The molecular formula is C18H25N3. The maximum absolute atomic E-state index is 3.72. The number of nitrogens with one attached hydrogen (secondary N) is 2. The van der Waals surface area contributed by atoms with Crippen LogP contribution in [0.2, 0.25) is 0 Å². The van der Waals surface area contributed by atoms with Crippen molar-refractivity contribution in [3.05, 3.63) is 35.5 Å². The monoisotopic (exact) mass is 283 g/mol. The van der Waals surface area contributed by atoms with E-state index < -0.39 is 0 Å². The number of piperidine rings is 1. The summed E-state index contributed by atoms with van der Waals surface area (Å²) >= 11 is 0. The van der Waals surface area contributed by atoms with E-state index in [0.717, 1.165) is 13.0 Å². The summed E-state index contributed by atoms with van der Waals surface area (Å²) in [6.45, 7) is 4.94. The second-order valence-electron chi connectivity index (χ2n) is 6.51. The summed E-state index contributed by atoms with van der Waals surface area (Å²) in [5.74, 6) is 0. The second kappa shape index (κ2) is 5.82. The van der Waals surface area contributed by atoms with E-state index in [9.17, 15) is 0 Å². The number of aromatic amines is 1. The third-order valence-electron chi connectivity index (χ3n) is 5.14. The number of para-hydroxylation sites is 1. The van der Waals surface area contributed by atoms with Crippen molar-refractivity contribution in [1.29, 1.82) is 0 Å². The van der Waals surface area contributed by atoms with Gasteiger partial charge in [0.05, 0.1) is 0 Å². The number of hydrogen-bond donors (Lipinski definition) is 2. The molecule has 3 heteroatoms. The zero-order chi connectivity index (χ0) is 14.1.